The van der Waals surface area contributed by atoms with Crippen LogP contribution >= 0.6 is 11.6 Å². The Morgan fingerprint density at radius 1 is 1.42 bits per heavy atom. The van der Waals surface area contributed by atoms with Crippen molar-refractivity contribution in [2.75, 3.05) is 0 Å². The van der Waals surface area contributed by atoms with Gasteiger partial charge >= 0.3 is 0 Å². The predicted octanol–water partition coefficient (Wildman–Crippen LogP) is 1.87. The van der Waals surface area contributed by atoms with Crippen molar-refractivity contribution in [2.24, 2.45) is 0 Å². The molecule has 12 heavy (non-hydrogen) atoms. The van der Waals surface area contributed by atoms with Crippen LogP contribution in [0.2, 0.25) is 0 Å². The fourth-order valence-electron chi connectivity index (χ4n) is 0.863. The molecule has 1 unspecified atom stereocenters. The number of benzene rings is 1. The summed E-state index contributed by atoms with van der Waals surface area (Å²) < 4.78 is 0. The lowest BCUT2D eigenvalue weighted by atomic mass is 10.1. The summed E-state index contributed by atoms with van der Waals surface area (Å²) in [6, 6.07) is 9.14. The minimum absolute atomic E-state index is 0.289. The van der Waals surface area contributed by atoms with Crippen LogP contribution in [0.1, 0.15) is 10.9 Å². The number of nitrogens with one attached hydrogen (secondary N) is 1. The number of halogens is 1. The van der Waals surface area contributed by atoms with Crippen molar-refractivity contribution in [3.63, 3.8) is 0 Å². The van der Waals surface area contributed by atoms with E-state index in [1.54, 1.807) is 12.1 Å². The molecule has 0 saturated carbocycles. The summed E-state index contributed by atoms with van der Waals surface area (Å²) >= 11 is 5.80. The Labute approximate surface area is 76.5 Å². The molecule has 0 heterocycles. The van der Waals surface area contributed by atoms with Gasteiger partial charge in [-0.3, -0.25) is 4.79 Å². The van der Waals surface area contributed by atoms with Gasteiger partial charge in [-0.1, -0.05) is 30.3 Å². The van der Waals surface area contributed by atoms with Crippen LogP contribution in [0, 0.1) is 7.05 Å². The first-order chi connectivity index (χ1) is 5.75. The molecule has 1 aromatic carbocycles. The summed E-state index contributed by atoms with van der Waals surface area (Å²) in [6.07, 6.45) is 0. The van der Waals surface area contributed by atoms with E-state index in [0.29, 0.717) is 0 Å². The van der Waals surface area contributed by atoms with Crippen molar-refractivity contribution in [1.82, 2.24) is 5.32 Å². The van der Waals surface area contributed by atoms with E-state index < -0.39 is 5.38 Å². The van der Waals surface area contributed by atoms with Crippen molar-refractivity contribution in [3.8, 4) is 0 Å². The summed E-state index contributed by atoms with van der Waals surface area (Å²) in [7, 11) is 3.25. The maximum absolute atomic E-state index is 11.0. The minimum atomic E-state index is -0.649. The topological polar surface area (TPSA) is 29.1 Å². The van der Waals surface area contributed by atoms with Crippen molar-refractivity contribution >= 4 is 17.5 Å². The maximum atomic E-state index is 11.0. The first-order valence-electron chi connectivity index (χ1n) is 3.51. The highest BCUT2D eigenvalue weighted by molar-refractivity contribution is 6.30. The number of hydrogen-bond acceptors (Lipinski definition) is 1. The largest absolute Gasteiger partial charge is 0.353 e. The predicted molar refractivity (Wildman–Crippen MR) is 48.5 cm³/mol. The Balaban J connectivity index is 2.78. The maximum Gasteiger partial charge on any atom is 0.242 e. The van der Waals surface area contributed by atoms with Crippen LogP contribution in [0.5, 0.6) is 0 Å². The van der Waals surface area contributed by atoms with Crippen molar-refractivity contribution in [1.29, 1.82) is 0 Å². The normalized spacial score (nSPS) is 12.2. The van der Waals surface area contributed by atoms with Crippen LogP contribution in [-0.4, -0.2) is 5.91 Å². The third kappa shape index (κ3) is 1.98. The number of rotatable bonds is 2. The lowest BCUT2D eigenvalue weighted by molar-refractivity contribution is -0.120. The zero-order valence-electron chi connectivity index (χ0n) is 6.46. The highest BCUT2D eigenvalue weighted by Gasteiger charge is 2.14. The van der Waals surface area contributed by atoms with Gasteiger partial charge in [-0.15, -0.1) is 11.6 Å². The van der Waals surface area contributed by atoms with Gasteiger partial charge in [0.2, 0.25) is 5.91 Å². The first-order valence-corrected chi connectivity index (χ1v) is 3.95. The Hall–Kier alpha value is -1.02. The van der Waals surface area contributed by atoms with Crippen LogP contribution in [0.25, 0.3) is 0 Å². The average Bonchev–Trinajstić information content (AvgIpc) is 2.17. The molecule has 0 aliphatic rings. The monoisotopic (exact) mass is 182 g/mol. The van der Waals surface area contributed by atoms with Gasteiger partial charge in [-0.25, -0.2) is 0 Å². The molecule has 1 rings (SSSR count). The van der Waals surface area contributed by atoms with Gasteiger partial charge in [0, 0.05) is 7.05 Å². The molecule has 63 valence electrons. The fraction of sp³-hybridized carbons (Fsp3) is 0.111. The number of carbonyl (C=O) groups excluding carboxylic acids is 1. The van der Waals surface area contributed by atoms with E-state index in [1.807, 2.05) is 18.2 Å². The number of amides is 1. The van der Waals surface area contributed by atoms with Crippen LogP contribution in [0.3, 0.4) is 0 Å². The van der Waals surface area contributed by atoms with Gasteiger partial charge in [-0.2, -0.15) is 0 Å². The molecule has 1 radical (unpaired) electrons. The summed E-state index contributed by atoms with van der Waals surface area (Å²) in [5, 5.41) is 1.59. The molecule has 1 aromatic rings. The van der Waals surface area contributed by atoms with E-state index in [9.17, 15) is 4.79 Å². The molecule has 0 aliphatic carbocycles. The van der Waals surface area contributed by atoms with Gasteiger partial charge in [0.1, 0.15) is 5.38 Å². The molecule has 0 bridgehead atoms. The summed E-state index contributed by atoms with van der Waals surface area (Å²) in [5.74, 6) is -0.289. The zero-order valence-corrected chi connectivity index (χ0v) is 7.21. The molecule has 3 heteroatoms. The highest BCUT2D eigenvalue weighted by Crippen LogP contribution is 2.19. The highest BCUT2D eigenvalue weighted by atomic mass is 35.5. The second-order valence-electron chi connectivity index (χ2n) is 2.31. The molecular weight excluding hydrogens is 174 g/mol. The van der Waals surface area contributed by atoms with Gasteiger partial charge in [-0.05, 0) is 5.56 Å². The third-order valence-electron chi connectivity index (χ3n) is 1.50. The van der Waals surface area contributed by atoms with Crippen molar-refractivity contribution in [2.45, 2.75) is 5.38 Å². The molecule has 0 aromatic heterocycles. The molecular formula is C9H9ClNO. The lowest BCUT2D eigenvalue weighted by Crippen LogP contribution is -2.20. The molecule has 1 amide bonds. The van der Waals surface area contributed by atoms with Crippen LogP contribution in [0.4, 0.5) is 0 Å². The van der Waals surface area contributed by atoms with E-state index in [2.05, 4.69) is 12.4 Å². The van der Waals surface area contributed by atoms with Gasteiger partial charge < -0.3 is 5.32 Å². The minimum Gasteiger partial charge on any atom is -0.353 e. The Kier molecular flexibility index (Phi) is 3.11. The van der Waals surface area contributed by atoms with E-state index in [0.717, 1.165) is 5.56 Å². The third-order valence-corrected chi connectivity index (χ3v) is 1.95. The number of alkyl halides is 1. The summed E-state index contributed by atoms with van der Waals surface area (Å²) in [4.78, 5) is 11.0. The quantitative estimate of drug-likeness (QED) is 0.696. The van der Waals surface area contributed by atoms with Crippen LogP contribution < -0.4 is 5.32 Å². The standard InChI is InChI=1S/C9H9ClNO/c1-11-9(12)8(10)7-5-3-2-4-6-7/h2-6,8H,1H2,(H,11,12). The molecule has 0 saturated heterocycles. The number of carbonyl (C=O) groups is 1. The Morgan fingerprint density at radius 2 is 2.00 bits per heavy atom. The number of hydrogen-bond donors (Lipinski definition) is 1. The molecule has 2 nitrogen and oxygen atoms in total. The van der Waals surface area contributed by atoms with Crippen LogP contribution in [0.15, 0.2) is 30.3 Å². The Morgan fingerprint density at radius 3 is 2.50 bits per heavy atom. The molecule has 0 fully saturated rings. The smallest absolute Gasteiger partial charge is 0.242 e. The molecule has 1 N–H and O–H groups in total. The van der Waals surface area contributed by atoms with E-state index in [1.165, 1.54) is 0 Å². The van der Waals surface area contributed by atoms with Gasteiger partial charge in [0.05, 0.1) is 0 Å². The summed E-state index contributed by atoms with van der Waals surface area (Å²) in [5.41, 5.74) is 0.778. The molecule has 0 aliphatic heterocycles. The SMILES string of the molecule is [CH2]NC(=O)C(Cl)c1ccccc1. The van der Waals surface area contributed by atoms with E-state index >= 15 is 0 Å². The van der Waals surface area contributed by atoms with Crippen molar-refractivity contribution in [3.05, 3.63) is 42.9 Å². The lowest BCUT2D eigenvalue weighted by Gasteiger charge is -2.06. The van der Waals surface area contributed by atoms with Gasteiger partial charge in [0.25, 0.3) is 0 Å². The fourth-order valence-corrected chi connectivity index (χ4v) is 1.09. The first kappa shape index (κ1) is 9.07. The van der Waals surface area contributed by atoms with E-state index in [4.69, 9.17) is 11.6 Å². The zero-order chi connectivity index (χ0) is 8.97. The Bertz CT molecular complexity index is 260. The molecule has 1 atom stereocenters. The van der Waals surface area contributed by atoms with Gasteiger partial charge in [0.15, 0.2) is 0 Å². The molecule has 0 spiro atoms. The average molecular weight is 183 g/mol. The second kappa shape index (κ2) is 4.12. The van der Waals surface area contributed by atoms with Crippen molar-refractivity contribution < 1.29 is 4.79 Å². The van der Waals surface area contributed by atoms with E-state index in [-0.39, 0.29) is 5.91 Å². The second-order valence-corrected chi connectivity index (χ2v) is 2.75. The summed E-state index contributed by atoms with van der Waals surface area (Å²) in [6.45, 7) is 0. The van der Waals surface area contributed by atoms with Crippen LogP contribution in [-0.2, 0) is 4.79 Å².